The van der Waals surface area contributed by atoms with Crippen LogP contribution in [0, 0.1) is 6.92 Å². The maximum Gasteiger partial charge on any atom is 0.171 e. The third-order valence-electron chi connectivity index (χ3n) is 2.04. The van der Waals surface area contributed by atoms with Gasteiger partial charge in [-0.3, -0.25) is 9.78 Å². The second-order valence-corrected chi connectivity index (χ2v) is 4.22. The number of carbonyl (C=O) groups excluding carboxylic acids is 1. The molecule has 0 radical (unpaired) electrons. The Morgan fingerprint density at radius 3 is 2.44 bits per heavy atom. The number of hydrogen-bond acceptors (Lipinski definition) is 4. The van der Waals surface area contributed by atoms with Crippen LogP contribution < -0.4 is 0 Å². The molecule has 0 atom stereocenters. The number of pyridine rings is 1. The zero-order valence-corrected chi connectivity index (χ0v) is 10.6. The van der Waals surface area contributed by atoms with Gasteiger partial charge in [-0.2, -0.15) is 0 Å². The minimum Gasteiger partial charge on any atom is -0.294 e. The van der Waals surface area contributed by atoms with Gasteiger partial charge in [0, 0.05) is 24.9 Å². The fraction of sp³-hybridized carbons (Fsp3) is 0.182. The Bertz CT molecular complexity index is 496. The molecule has 5 heteroatoms. The summed E-state index contributed by atoms with van der Waals surface area (Å²) in [6, 6.07) is 3.78. The summed E-state index contributed by atoms with van der Waals surface area (Å²) in [7, 11) is 0. The highest BCUT2D eigenvalue weighted by molar-refractivity contribution is 7.17. The van der Waals surface area contributed by atoms with Crippen molar-refractivity contribution in [2.75, 3.05) is 0 Å². The van der Waals surface area contributed by atoms with Gasteiger partial charge < -0.3 is 0 Å². The van der Waals surface area contributed by atoms with Crippen molar-refractivity contribution in [3.63, 3.8) is 0 Å². The molecule has 2 rings (SSSR count). The zero-order chi connectivity index (χ0) is 10.8. The SMILES string of the molecule is CC(=O)c1sc(-c2ccncc2)nc1C.Cl. The van der Waals surface area contributed by atoms with Gasteiger partial charge in [-0.15, -0.1) is 23.7 Å². The molecule has 2 heterocycles. The first kappa shape index (κ1) is 12.8. The lowest BCUT2D eigenvalue weighted by Gasteiger charge is -1.92. The first-order valence-corrected chi connectivity index (χ1v) is 5.39. The lowest BCUT2D eigenvalue weighted by atomic mass is 10.3. The van der Waals surface area contributed by atoms with Crippen LogP contribution in [0.4, 0.5) is 0 Å². The minimum atomic E-state index is 0. The first-order chi connectivity index (χ1) is 7.18. The Balaban J connectivity index is 0.00000128. The second-order valence-electron chi connectivity index (χ2n) is 3.23. The molecule has 2 aromatic heterocycles. The van der Waals surface area contributed by atoms with E-state index in [0.29, 0.717) is 0 Å². The van der Waals surface area contributed by atoms with Crippen molar-refractivity contribution in [1.82, 2.24) is 9.97 Å². The number of carbonyl (C=O) groups is 1. The summed E-state index contributed by atoms with van der Waals surface area (Å²) in [4.78, 5) is 20.3. The maximum atomic E-state index is 11.3. The van der Waals surface area contributed by atoms with E-state index in [1.807, 2.05) is 19.1 Å². The number of rotatable bonds is 2. The van der Waals surface area contributed by atoms with Gasteiger partial charge in [0.2, 0.25) is 0 Å². The number of halogens is 1. The smallest absolute Gasteiger partial charge is 0.171 e. The Labute approximate surface area is 104 Å². The van der Waals surface area contributed by atoms with Crippen molar-refractivity contribution in [3.05, 3.63) is 35.1 Å². The predicted octanol–water partition coefficient (Wildman–Crippen LogP) is 3.14. The van der Waals surface area contributed by atoms with E-state index in [1.54, 1.807) is 19.3 Å². The van der Waals surface area contributed by atoms with E-state index in [-0.39, 0.29) is 18.2 Å². The van der Waals surface area contributed by atoms with Gasteiger partial charge in [-0.25, -0.2) is 4.98 Å². The third-order valence-corrected chi connectivity index (χ3v) is 3.35. The summed E-state index contributed by atoms with van der Waals surface area (Å²) in [5.74, 6) is 0.0744. The van der Waals surface area contributed by atoms with E-state index in [1.165, 1.54) is 11.3 Å². The van der Waals surface area contributed by atoms with Crippen LogP contribution in [0.25, 0.3) is 10.6 Å². The third kappa shape index (κ3) is 2.46. The van der Waals surface area contributed by atoms with Crippen LogP contribution in [0.3, 0.4) is 0 Å². The fourth-order valence-corrected chi connectivity index (χ4v) is 2.31. The summed E-state index contributed by atoms with van der Waals surface area (Å²) < 4.78 is 0. The quantitative estimate of drug-likeness (QED) is 0.774. The number of nitrogens with zero attached hydrogens (tertiary/aromatic N) is 2. The molecular weight excluding hydrogens is 244 g/mol. The number of hydrogen-bond donors (Lipinski definition) is 0. The fourth-order valence-electron chi connectivity index (χ4n) is 1.34. The molecule has 0 aliphatic rings. The van der Waals surface area contributed by atoms with Crippen molar-refractivity contribution >= 4 is 29.5 Å². The van der Waals surface area contributed by atoms with E-state index in [2.05, 4.69) is 9.97 Å². The summed E-state index contributed by atoms with van der Waals surface area (Å²) in [6.07, 6.45) is 3.44. The lowest BCUT2D eigenvalue weighted by molar-refractivity contribution is 0.102. The molecule has 84 valence electrons. The van der Waals surface area contributed by atoms with Crippen molar-refractivity contribution < 1.29 is 4.79 Å². The maximum absolute atomic E-state index is 11.3. The zero-order valence-electron chi connectivity index (χ0n) is 8.93. The molecule has 0 fully saturated rings. The van der Waals surface area contributed by atoms with Crippen LogP contribution in [0.15, 0.2) is 24.5 Å². The van der Waals surface area contributed by atoms with Gasteiger partial charge >= 0.3 is 0 Å². The number of aryl methyl sites for hydroxylation is 1. The lowest BCUT2D eigenvalue weighted by Crippen LogP contribution is -1.89. The van der Waals surface area contributed by atoms with Crippen LogP contribution in [0.5, 0.6) is 0 Å². The van der Waals surface area contributed by atoms with Crippen molar-refractivity contribution in [2.45, 2.75) is 13.8 Å². The molecule has 0 aromatic carbocycles. The Kier molecular flexibility index (Phi) is 4.15. The van der Waals surface area contributed by atoms with Gasteiger partial charge in [0.1, 0.15) is 5.01 Å². The van der Waals surface area contributed by atoms with Crippen LogP contribution in [0.1, 0.15) is 22.3 Å². The molecule has 2 aromatic rings. The van der Waals surface area contributed by atoms with E-state index >= 15 is 0 Å². The summed E-state index contributed by atoms with van der Waals surface area (Å²) in [5, 5.41) is 0.875. The van der Waals surface area contributed by atoms with Gasteiger partial charge in [0.05, 0.1) is 10.6 Å². The Hall–Kier alpha value is -1.26. The van der Waals surface area contributed by atoms with Crippen molar-refractivity contribution in [3.8, 4) is 10.6 Å². The van der Waals surface area contributed by atoms with Crippen LogP contribution >= 0.6 is 23.7 Å². The Morgan fingerprint density at radius 2 is 1.94 bits per heavy atom. The van der Waals surface area contributed by atoms with E-state index in [0.717, 1.165) is 21.1 Å². The summed E-state index contributed by atoms with van der Waals surface area (Å²) >= 11 is 1.43. The largest absolute Gasteiger partial charge is 0.294 e. The van der Waals surface area contributed by atoms with Gasteiger partial charge in [0.15, 0.2) is 5.78 Å². The normalized spacial score (nSPS) is 9.62. The molecule has 0 saturated heterocycles. The average Bonchev–Trinajstić information content (AvgIpc) is 2.62. The van der Waals surface area contributed by atoms with Gasteiger partial charge in [-0.05, 0) is 19.1 Å². The van der Waals surface area contributed by atoms with E-state index < -0.39 is 0 Å². The second kappa shape index (κ2) is 5.18. The molecule has 16 heavy (non-hydrogen) atoms. The number of Topliss-reactive ketones (excluding diaryl/α,β-unsaturated/α-hetero) is 1. The first-order valence-electron chi connectivity index (χ1n) is 4.57. The molecule has 0 aliphatic heterocycles. The van der Waals surface area contributed by atoms with Gasteiger partial charge in [-0.1, -0.05) is 0 Å². The topological polar surface area (TPSA) is 42.9 Å². The molecule has 0 bridgehead atoms. The van der Waals surface area contributed by atoms with E-state index in [4.69, 9.17) is 0 Å². The highest BCUT2D eigenvalue weighted by Crippen LogP contribution is 2.27. The molecule has 0 unspecified atom stereocenters. The van der Waals surface area contributed by atoms with Crippen molar-refractivity contribution in [1.29, 1.82) is 0 Å². The van der Waals surface area contributed by atoms with Crippen LogP contribution in [-0.4, -0.2) is 15.8 Å². The highest BCUT2D eigenvalue weighted by atomic mass is 35.5. The number of ketones is 1. The molecule has 0 N–H and O–H groups in total. The minimum absolute atomic E-state index is 0. The average molecular weight is 255 g/mol. The number of aromatic nitrogens is 2. The Morgan fingerprint density at radius 1 is 1.31 bits per heavy atom. The highest BCUT2D eigenvalue weighted by Gasteiger charge is 2.12. The van der Waals surface area contributed by atoms with E-state index in [9.17, 15) is 4.79 Å². The predicted molar refractivity (Wildman–Crippen MR) is 67.3 cm³/mol. The van der Waals surface area contributed by atoms with Crippen molar-refractivity contribution in [2.24, 2.45) is 0 Å². The standard InChI is InChI=1S/C11H10N2OS.ClH/c1-7-10(8(2)14)15-11(13-7)9-3-5-12-6-4-9;/h3-6H,1-2H3;1H. The van der Waals surface area contributed by atoms with Gasteiger partial charge in [0.25, 0.3) is 0 Å². The molecule has 0 aliphatic carbocycles. The molecule has 0 saturated carbocycles. The molecule has 3 nitrogen and oxygen atoms in total. The molecule has 0 amide bonds. The monoisotopic (exact) mass is 254 g/mol. The summed E-state index contributed by atoms with van der Waals surface area (Å²) in [6.45, 7) is 3.43. The van der Waals surface area contributed by atoms with Crippen LogP contribution in [0.2, 0.25) is 0 Å². The number of thiazole rings is 1. The summed E-state index contributed by atoms with van der Waals surface area (Å²) in [5.41, 5.74) is 1.81. The molecular formula is C11H11ClN2OS. The van der Waals surface area contributed by atoms with Crippen LogP contribution in [-0.2, 0) is 0 Å². The molecule has 0 spiro atoms.